The summed E-state index contributed by atoms with van der Waals surface area (Å²) in [6.45, 7) is 4.85. The molecule has 2 amide bonds. The van der Waals surface area contributed by atoms with Gasteiger partial charge in [0.05, 0.1) is 0 Å². The first-order chi connectivity index (χ1) is 4.06. The summed E-state index contributed by atoms with van der Waals surface area (Å²) in [4.78, 5) is 18.4. The van der Waals surface area contributed by atoms with Crippen molar-refractivity contribution in [2.24, 2.45) is 11.5 Å². The molecule has 0 atom stereocenters. The van der Waals surface area contributed by atoms with Crippen LogP contribution in [0, 0.1) is 0 Å². The average molecular weight is 130 g/mol. The van der Waals surface area contributed by atoms with Crippen LogP contribution < -0.4 is 11.5 Å². The molecule has 0 fully saturated rings. The van der Waals surface area contributed by atoms with E-state index in [4.69, 9.17) is 10.5 Å². The molecule has 0 radical (unpaired) electrons. The van der Waals surface area contributed by atoms with Gasteiger partial charge in [-0.15, -0.1) is 0 Å². The highest BCUT2D eigenvalue weighted by molar-refractivity contribution is 5.90. The molecule has 0 saturated heterocycles. The third-order valence-electron chi connectivity index (χ3n) is 0.421. The Bertz CT molecular complexity index is 108. The molecule has 4 N–H and O–H groups in total. The van der Waals surface area contributed by atoms with Crippen LogP contribution in [0.15, 0.2) is 12.2 Å². The third kappa shape index (κ3) is 20.4. The van der Waals surface area contributed by atoms with Crippen LogP contribution in [0.2, 0.25) is 0 Å². The Morgan fingerprint density at radius 1 is 1.67 bits per heavy atom. The summed E-state index contributed by atoms with van der Waals surface area (Å²) < 4.78 is 0. The standard InChI is InChI=1S/C4H7NO.CH3NO/c1-3(2)4(5)6;2-1-3/h1H2,2H3,(H2,5,6);1H,(H2,2,3). The normalized spacial score (nSPS) is 6.33. The minimum atomic E-state index is -0.435. The van der Waals surface area contributed by atoms with Crippen LogP contribution in [-0.2, 0) is 9.59 Å². The Labute approximate surface area is 53.5 Å². The van der Waals surface area contributed by atoms with E-state index in [0.717, 1.165) is 0 Å². The summed E-state index contributed by atoms with van der Waals surface area (Å²) >= 11 is 0. The Morgan fingerprint density at radius 2 is 1.78 bits per heavy atom. The van der Waals surface area contributed by atoms with Gasteiger partial charge in [0.25, 0.3) is 0 Å². The van der Waals surface area contributed by atoms with E-state index in [-0.39, 0.29) is 6.41 Å². The molecule has 9 heavy (non-hydrogen) atoms. The van der Waals surface area contributed by atoms with Gasteiger partial charge >= 0.3 is 0 Å². The van der Waals surface area contributed by atoms with Crippen LogP contribution in [0.4, 0.5) is 0 Å². The van der Waals surface area contributed by atoms with Crippen LogP contribution in [0.5, 0.6) is 0 Å². The van der Waals surface area contributed by atoms with Crippen molar-refractivity contribution in [3.8, 4) is 0 Å². The van der Waals surface area contributed by atoms with E-state index in [1.165, 1.54) is 0 Å². The zero-order valence-corrected chi connectivity index (χ0v) is 5.26. The van der Waals surface area contributed by atoms with E-state index in [0.29, 0.717) is 5.57 Å². The highest BCUT2D eigenvalue weighted by Gasteiger charge is 1.86. The quantitative estimate of drug-likeness (QED) is 0.358. The molecule has 0 aliphatic carbocycles. The van der Waals surface area contributed by atoms with Crippen molar-refractivity contribution in [1.29, 1.82) is 0 Å². The van der Waals surface area contributed by atoms with Crippen LogP contribution in [-0.4, -0.2) is 12.3 Å². The third-order valence-corrected chi connectivity index (χ3v) is 0.421. The van der Waals surface area contributed by atoms with Crippen molar-refractivity contribution in [2.45, 2.75) is 6.92 Å². The Morgan fingerprint density at radius 3 is 1.78 bits per heavy atom. The van der Waals surface area contributed by atoms with E-state index < -0.39 is 5.91 Å². The molecule has 0 aliphatic heterocycles. The molecule has 0 aliphatic rings. The molecule has 0 bridgehead atoms. The van der Waals surface area contributed by atoms with Gasteiger partial charge in [-0.1, -0.05) is 6.58 Å². The number of amides is 2. The fraction of sp³-hybridized carbons (Fsp3) is 0.200. The Hall–Kier alpha value is -1.32. The predicted octanol–water partition coefficient (Wildman–Crippen LogP) is -0.851. The first-order valence-electron chi connectivity index (χ1n) is 2.17. The predicted molar refractivity (Wildman–Crippen MR) is 34.3 cm³/mol. The van der Waals surface area contributed by atoms with E-state index in [2.05, 4.69) is 12.3 Å². The highest BCUT2D eigenvalue weighted by atomic mass is 16.1. The number of carbonyl (C=O) groups excluding carboxylic acids is 2. The molecule has 0 saturated carbocycles. The van der Waals surface area contributed by atoms with Crippen molar-refractivity contribution in [3.05, 3.63) is 12.2 Å². The van der Waals surface area contributed by atoms with Gasteiger partial charge in [-0.3, -0.25) is 9.59 Å². The molecule has 0 spiro atoms. The number of carbonyl (C=O) groups is 2. The van der Waals surface area contributed by atoms with E-state index in [1.807, 2.05) is 0 Å². The van der Waals surface area contributed by atoms with Crippen LogP contribution in [0.3, 0.4) is 0 Å². The van der Waals surface area contributed by atoms with E-state index in [9.17, 15) is 4.79 Å². The fourth-order valence-electron chi connectivity index (χ4n) is 0. The second-order valence-electron chi connectivity index (χ2n) is 1.28. The van der Waals surface area contributed by atoms with Crippen LogP contribution in [0.25, 0.3) is 0 Å². The molecule has 0 unspecified atom stereocenters. The number of rotatable bonds is 1. The van der Waals surface area contributed by atoms with Crippen molar-refractivity contribution >= 4 is 12.3 Å². The highest BCUT2D eigenvalue weighted by Crippen LogP contribution is 1.78. The molecule has 4 heteroatoms. The second-order valence-corrected chi connectivity index (χ2v) is 1.28. The number of nitrogens with two attached hydrogens (primary N) is 2. The molecule has 0 aromatic heterocycles. The Balaban J connectivity index is 0. The number of hydrogen-bond acceptors (Lipinski definition) is 2. The first kappa shape index (κ1) is 10.6. The first-order valence-corrected chi connectivity index (χ1v) is 2.17. The summed E-state index contributed by atoms with van der Waals surface area (Å²) in [6, 6.07) is 0. The number of hydrogen-bond donors (Lipinski definition) is 2. The topological polar surface area (TPSA) is 86.2 Å². The van der Waals surface area contributed by atoms with Crippen molar-refractivity contribution in [2.75, 3.05) is 0 Å². The SMILES string of the molecule is C=C(C)C(N)=O.NC=O. The van der Waals surface area contributed by atoms with Crippen LogP contribution >= 0.6 is 0 Å². The summed E-state index contributed by atoms with van der Waals surface area (Å²) in [7, 11) is 0. The van der Waals surface area contributed by atoms with E-state index >= 15 is 0 Å². The van der Waals surface area contributed by atoms with Gasteiger partial charge in [0.15, 0.2) is 0 Å². The van der Waals surface area contributed by atoms with Gasteiger partial charge in [-0.25, -0.2) is 0 Å². The molecule has 0 heterocycles. The smallest absolute Gasteiger partial charge is 0.243 e. The van der Waals surface area contributed by atoms with Gasteiger partial charge in [-0.2, -0.15) is 0 Å². The van der Waals surface area contributed by atoms with Crippen molar-refractivity contribution in [1.82, 2.24) is 0 Å². The maximum atomic E-state index is 9.82. The minimum Gasteiger partial charge on any atom is -0.372 e. The average Bonchev–Trinajstić information content (AvgIpc) is 1.68. The molecule has 0 rings (SSSR count). The molecular formula is C5H10N2O2. The maximum absolute atomic E-state index is 9.82. The molecule has 0 aromatic carbocycles. The summed E-state index contributed by atoms with van der Waals surface area (Å²) in [6.07, 6.45) is 0.250. The zero-order chi connectivity index (χ0) is 7.86. The lowest BCUT2D eigenvalue weighted by molar-refractivity contribution is -0.114. The minimum absolute atomic E-state index is 0.250. The van der Waals surface area contributed by atoms with Gasteiger partial charge in [0.2, 0.25) is 12.3 Å². The van der Waals surface area contributed by atoms with Gasteiger partial charge in [0.1, 0.15) is 0 Å². The summed E-state index contributed by atoms with van der Waals surface area (Å²) in [5, 5.41) is 0. The lowest BCUT2D eigenvalue weighted by atomic mass is 10.3. The lowest BCUT2D eigenvalue weighted by Gasteiger charge is -1.81. The summed E-state index contributed by atoms with van der Waals surface area (Å²) in [5.41, 5.74) is 9.26. The second kappa shape index (κ2) is 6.68. The molecule has 0 aromatic rings. The number of primary amides is 2. The monoisotopic (exact) mass is 130 g/mol. The molecule has 52 valence electrons. The van der Waals surface area contributed by atoms with Gasteiger partial charge < -0.3 is 11.5 Å². The van der Waals surface area contributed by atoms with Gasteiger partial charge in [0, 0.05) is 5.57 Å². The summed E-state index contributed by atoms with van der Waals surface area (Å²) in [5.74, 6) is -0.435. The van der Waals surface area contributed by atoms with Crippen molar-refractivity contribution in [3.63, 3.8) is 0 Å². The molecule has 4 nitrogen and oxygen atoms in total. The largest absolute Gasteiger partial charge is 0.372 e. The zero-order valence-electron chi connectivity index (χ0n) is 5.26. The van der Waals surface area contributed by atoms with E-state index in [1.54, 1.807) is 6.92 Å². The molecular weight excluding hydrogens is 120 g/mol. The van der Waals surface area contributed by atoms with Crippen LogP contribution in [0.1, 0.15) is 6.92 Å². The van der Waals surface area contributed by atoms with Gasteiger partial charge in [-0.05, 0) is 6.92 Å². The maximum Gasteiger partial charge on any atom is 0.243 e. The van der Waals surface area contributed by atoms with Crippen molar-refractivity contribution < 1.29 is 9.59 Å². The fourth-order valence-corrected chi connectivity index (χ4v) is 0. The lowest BCUT2D eigenvalue weighted by Crippen LogP contribution is -2.10. The Kier molecular flexibility index (Phi) is 7.88.